The van der Waals surface area contributed by atoms with Gasteiger partial charge in [-0.15, -0.1) is 0 Å². The maximum absolute atomic E-state index is 9.76. The molecule has 0 aliphatic carbocycles. The number of fused-ring (bicyclic) bond motifs is 1. The zero-order valence-corrected chi connectivity index (χ0v) is 32.0. The van der Waals surface area contributed by atoms with Crippen LogP contribution in [0.15, 0.2) is 249 Å². The molecule has 0 radical (unpaired) electrons. The van der Waals surface area contributed by atoms with Gasteiger partial charge < -0.3 is 4.90 Å². The molecule has 59 heavy (non-hydrogen) atoms. The van der Waals surface area contributed by atoms with Crippen LogP contribution in [-0.2, 0) is 0 Å². The standard InChI is InChI=1S/C58H41N/c1-4-13-42(14-5-1)46-23-25-47(26-24-46)48-29-33-56(34-30-48)59(58-22-12-21-51(41-58)52-28-27-45-19-10-11-20-50(45)37-52)57-35-31-49(32-36-57)55-39-53(43-15-6-2-7-16-43)38-54(40-55)44-17-8-3-9-18-44/h1-41H/i29D,30D,31D,32D,33D,34D,35D,36D. The van der Waals surface area contributed by atoms with E-state index in [1.165, 1.54) is 4.90 Å². The highest BCUT2D eigenvalue weighted by Gasteiger charge is 2.16. The smallest absolute Gasteiger partial charge is 0.0645 e. The molecular formula is C58H41N. The molecule has 0 spiro atoms. The van der Waals surface area contributed by atoms with Gasteiger partial charge in [0.1, 0.15) is 0 Å². The van der Waals surface area contributed by atoms with Gasteiger partial charge in [-0.1, -0.05) is 188 Å². The van der Waals surface area contributed by atoms with Gasteiger partial charge in [-0.3, -0.25) is 0 Å². The van der Waals surface area contributed by atoms with E-state index in [4.69, 9.17) is 0 Å². The summed E-state index contributed by atoms with van der Waals surface area (Å²) in [6.07, 6.45) is 0. The maximum atomic E-state index is 9.76. The number of anilines is 3. The number of benzene rings is 10. The molecule has 0 saturated heterocycles. The Morgan fingerprint density at radius 1 is 0.220 bits per heavy atom. The van der Waals surface area contributed by atoms with Crippen molar-refractivity contribution in [2.45, 2.75) is 0 Å². The largest absolute Gasteiger partial charge is 0.310 e. The molecule has 0 saturated carbocycles. The number of rotatable bonds is 9. The van der Waals surface area contributed by atoms with Gasteiger partial charge >= 0.3 is 0 Å². The highest BCUT2D eigenvalue weighted by atomic mass is 15.1. The summed E-state index contributed by atoms with van der Waals surface area (Å²) in [6.45, 7) is 0. The molecule has 0 amide bonds. The highest BCUT2D eigenvalue weighted by Crippen LogP contribution is 2.40. The number of hydrogen-bond acceptors (Lipinski definition) is 1. The van der Waals surface area contributed by atoms with E-state index in [0.717, 1.165) is 55.3 Å². The summed E-state index contributed by atoms with van der Waals surface area (Å²) in [7, 11) is 0. The van der Waals surface area contributed by atoms with Crippen molar-refractivity contribution >= 4 is 27.8 Å². The van der Waals surface area contributed by atoms with Crippen molar-refractivity contribution in [3.8, 4) is 66.8 Å². The fourth-order valence-electron chi connectivity index (χ4n) is 7.51. The van der Waals surface area contributed by atoms with Crippen LogP contribution < -0.4 is 4.90 Å². The lowest BCUT2D eigenvalue weighted by atomic mass is 9.93. The molecule has 0 atom stereocenters. The minimum atomic E-state index is -0.407. The van der Waals surface area contributed by atoms with Gasteiger partial charge in [0.25, 0.3) is 0 Å². The van der Waals surface area contributed by atoms with E-state index >= 15 is 0 Å². The van der Waals surface area contributed by atoms with Crippen LogP contribution in [0, 0.1) is 0 Å². The van der Waals surface area contributed by atoms with E-state index in [0.29, 0.717) is 16.8 Å². The van der Waals surface area contributed by atoms with Crippen molar-refractivity contribution in [1.29, 1.82) is 0 Å². The summed E-state index contributed by atoms with van der Waals surface area (Å²) < 4.78 is 77.0. The van der Waals surface area contributed by atoms with E-state index in [1.807, 2.05) is 170 Å². The first-order valence-corrected chi connectivity index (χ1v) is 19.6. The monoisotopic (exact) mass is 759 g/mol. The summed E-state index contributed by atoms with van der Waals surface area (Å²) >= 11 is 0. The Morgan fingerprint density at radius 3 is 1.14 bits per heavy atom. The zero-order chi connectivity index (χ0) is 46.3. The van der Waals surface area contributed by atoms with Gasteiger partial charge in [-0.25, -0.2) is 0 Å². The molecule has 0 heterocycles. The summed E-state index contributed by atoms with van der Waals surface area (Å²) in [5, 5.41) is 2.09. The van der Waals surface area contributed by atoms with E-state index in [1.54, 1.807) is 24.3 Å². The summed E-state index contributed by atoms with van der Waals surface area (Å²) in [6, 6.07) is 61.1. The van der Waals surface area contributed by atoms with Gasteiger partial charge in [0.15, 0.2) is 0 Å². The lowest BCUT2D eigenvalue weighted by Gasteiger charge is -2.26. The van der Waals surface area contributed by atoms with Crippen molar-refractivity contribution in [3.63, 3.8) is 0 Å². The van der Waals surface area contributed by atoms with E-state index in [2.05, 4.69) is 6.07 Å². The summed E-state index contributed by atoms with van der Waals surface area (Å²) in [4.78, 5) is 1.37. The molecule has 1 heteroatoms. The first-order chi connectivity index (χ1) is 32.6. The molecule has 0 aliphatic rings. The second-order valence-corrected chi connectivity index (χ2v) is 14.4. The van der Waals surface area contributed by atoms with Crippen molar-refractivity contribution in [2.24, 2.45) is 0 Å². The quantitative estimate of drug-likeness (QED) is 0.142. The molecule has 10 aromatic rings. The van der Waals surface area contributed by atoms with Crippen molar-refractivity contribution in [2.75, 3.05) is 4.90 Å². The van der Waals surface area contributed by atoms with Crippen LogP contribution in [0.25, 0.3) is 77.5 Å². The SMILES string of the molecule is [2H]c1c([2H])c(N(c2cccc(-c3ccc4ccccc4c3)c2)c2c([2H])c([2H])c(-c3cc(-c4ccccc4)cc(-c4ccccc4)c3)c([2H])c2[2H])c([2H])c([2H])c1-c1ccc(-c2ccccc2)cc1. The van der Waals surface area contributed by atoms with E-state index < -0.39 is 24.2 Å². The van der Waals surface area contributed by atoms with Gasteiger partial charge in [0.2, 0.25) is 0 Å². The lowest BCUT2D eigenvalue weighted by Crippen LogP contribution is -2.10. The van der Waals surface area contributed by atoms with Crippen LogP contribution in [0.1, 0.15) is 11.0 Å². The van der Waals surface area contributed by atoms with Gasteiger partial charge in [-0.2, -0.15) is 0 Å². The normalized spacial score (nSPS) is 12.9. The predicted octanol–water partition coefficient (Wildman–Crippen LogP) is 16.3. The molecule has 0 bridgehead atoms. The summed E-state index contributed by atoms with van der Waals surface area (Å²) in [5.74, 6) is 0. The molecule has 0 N–H and O–H groups in total. The van der Waals surface area contributed by atoms with Gasteiger partial charge in [-0.05, 0) is 138 Å². The van der Waals surface area contributed by atoms with Crippen LogP contribution in [0.5, 0.6) is 0 Å². The number of nitrogens with zero attached hydrogens (tertiary/aromatic N) is 1. The second kappa shape index (κ2) is 16.0. The Morgan fingerprint density at radius 2 is 0.593 bits per heavy atom. The molecule has 0 aliphatic heterocycles. The number of hydrogen-bond donors (Lipinski definition) is 0. The molecule has 10 aromatic carbocycles. The van der Waals surface area contributed by atoms with E-state index in [9.17, 15) is 11.0 Å². The molecule has 278 valence electrons. The Bertz CT molecular complexity index is 3370. The Kier molecular flexibility index (Phi) is 7.54. The zero-order valence-electron chi connectivity index (χ0n) is 40.0. The van der Waals surface area contributed by atoms with Crippen LogP contribution >= 0.6 is 0 Å². The topological polar surface area (TPSA) is 3.24 Å². The molecule has 0 fully saturated rings. The Balaban J connectivity index is 1.18. The van der Waals surface area contributed by atoms with Crippen molar-refractivity contribution in [3.05, 3.63) is 249 Å². The lowest BCUT2D eigenvalue weighted by molar-refractivity contribution is 1.28. The molecular weight excluding hydrogens is 711 g/mol. The molecule has 0 aromatic heterocycles. The second-order valence-electron chi connectivity index (χ2n) is 14.4. The first kappa shape index (κ1) is 27.8. The Labute approximate surface area is 358 Å². The van der Waals surface area contributed by atoms with Gasteiger partial charge in [0, 0.05) is 17.1 Å². The average molecular weight is 760 g/mol. The third-order valence-corrected chi connectivity index (χ3v) is 10.6. The van der Waals surface area contributed by atoms with Crippen molar-refractivity contribution in [1.82, 2.24) is 0 Å². The third kappa shape index (κ3) is 7.58. The fraction of sp³-hybridized carbons (Fsp3) is 0. The van der Waals surface area contributed by atoms with Crippen molar-refractivity contribution < 1.29 is 11.0 Å². The minimum Gasteiger partial charge on any atom is -0.310 e. The third-order valence-electron chi connectivity index (χ3n) is 10.6. The van der Waals surface area contributed by atoms with Crippen LogP contribution in [0.3, 0.4) is 0 Å². The first-order valence-electron chi connectivity index (χ1n) is 23.6. The summed E-state index contributed by atoms with van der Waals surface area (Å²) in [5.41, 5.74) is 8.17. The fourth-order valence-corrected chi connectivity index (χ4v) is 7.51. The predicted molar refractivity (Wildman–Crippen MR) is 251 cm³/mol. The molecule has 10 rings (SSSR count). The van der Waals surface area contributed by atoms with Crippen LogP contribution in [0.4, 0.5) is 17.1 Å². The average Bonchev–Trinajstić information content (AvgIpc) is 3.38. The Hall–Kier alpha value is -7.74. The highest BCUT2D eigenvalue weighted by molar-refractivity contribution is 5.89. The maximum Gasteiger partial charge on any atom is 0.0645 e. The molecule has 0 unspecified atom stereocenters. The minimum absolute atomic E-state index is 0.0902. The van der Waals surface area contributed by atoms with Gasteiger partial charge in [0.05, 0.1) is 11.0 Å². The molecule has 1 nitrogen and oxygen atoms in total. The van der Waals surface area contributed by atoms with E-state index in [-0.39, 0.29) is 46.7 Å². The van der Waals surface area contributed by atoms with Crippen LogP contribution in [-0.4, -0.2) is 0 Å². The van der Waals surface area contributed by atoms with Crippen LogP contribution in [0.2, 0.25) is 0 Å².